The van der Waals surface area contributed by atoms with Gasteiger partial charge in [-0.3, -0.25) is 19.3 Å². The lowest BCUT2D eigenvalue weighted by Crippen LogP contribution is -2.49. The second-order valence-corrected chi connectivity index (χ2v) is 8.53. The fraction of sp³-hybridized carbons (Fsp3) is 0.591. The first-order chi connectivity index (χ1) is 14.8. The summed E-state index contributed by atoms with van der Waals surface area (Å²) in [5.41, 5.74) is -0.673. The zero-order valence-electron chi connectivity index (χ0n) is 17.2. The van der Waals surface area contributed by atoms with E-state index in [-0.39, 0.29) is 23.9 Å². The van der Waals surface area contributed by atoms with Crippen LogP contribution in [0.3, 0.4) is 0 Å². The van der Waals surface area contributed by atoms with Crippen LogP contribution in [0.1, 0.15) is 44.1 Å². The third-order valence-corrected chi connectivity index (χ3v) is 6.56. The predicted molar refractivity (Wildman–Crippen MR) is 107 cm³/mol. The summed E-state index contributed by atoms with van der Waals surface area (Å²) in [6, 6.07) is 3.44. The number of piperidine rings is 2. The molecule has 0 saturated carbocycles. The fourth-order valence-electron chi connectivity index (χ4n) is 4.80. The summed E-state index contributed by atoms with van der Waals surface area (Å²) >= 11 is 0. The number of likely N-dealkylation sites (tertiary alicyclic amines) is 2. The summed E-state index contributed by atoms with van der Waals surface area (Å²) in [4.78, 5) is 43.0. The number of carbonyl (C=O) groups is 3. The van der Waals surface area contributed by atoms with E-state index in [2.05, 4.69) is 0 Å². The van der Waals surface area contributed by atoms with Gasteiger partial charge >= 0.3 is 6.18 Å². The third-order valence-electron chi connectivity index (χ3n) is 6.56. The highest BCUT2D eigenvalue weighted by atomic mass is 19.4. The van der Waals surface area contributed by atoms with E-state index in [1.165, 1.54) is 0 Å². The molecule has 3 aliphatic heterocycles. The highest BCUT2D eigenvalue weighted by molar-refractivity contribution is 6.22. The molecule has 0 N–H and O–H groups in total. The minimum atomic E-state index is -4.48. The lowest BCUT2D eigenvalue weighted by Gasteiger charge is -2.37. The van der Waals surface area contributed by atoms with Crippen molar-refractivity contribution in [3.05, 3.63) is 29.8 Å². The van der Waals surface area contributed by atoms with Crippen molar-refractivity contribution in [2.45, 2.75) is 50.7 Å². The topological polar surface area (TPSA) is 60.9 Å². The van der Waals surface area contributed by atoms with E-state index in [4.69, 9.17) is 0 Å². The largest absolute Gasteiger partial charge is 0.416 e. The van der Waals surface area contributed by atoms with Crippen molar-refractivity contribution in [2.75, 3.05) is 31.1 Å². The molecule has 0 radical (unpaired) electrons. The van der Waals surface area contributed by atoms with Gasteiger partial charge in [0.1, 0.15) is 0 Å². The molecule has 1 unspecified atom stereocenters. The van der Waals surface area contributed by atoms with Crippen LogP contribution < -0.4 is 4.90 Å². The number of imide groups is 1. The van der Waals surface area contributed by atoms with Gasteiger partial charge in [0, 0.05) is 19.0 Å². The van der Waals surface area contributed by atoms with Crippen LogP contribution in [0.15, 0.2) is 24.3 Å². The van der Waals surface area contributed by atoms with Crippen LogP contribution in [0.5, 0.6) is 0 Å². The average molecular weight is 437 g/mol. The van der Waals surface area contributed by atoms with Gasteiger partial charge in [-0.05, 0) is 69.5 Å². The lowest BCUT2D eigenvalue weighted by atomic mass is 9.93. The molecule has 0 aromatic heterocycles. The van der Waals surface area contributed by atoms with E-state index in [1.54, 1.807) is 0 Å². The second-order valence-electron chi connectivity index (χ2n) is 8.53. The van der Waals surface area contributed by atoms with Crippen LogP contribution in [0, 0.1) is 5.92 Å². The monoisotopic (exact) mass is 437 g/mol. The van der Waals surface area contributed by atoms with Crippen molar-refractivity contribution >= 4 is 23.4 Å². The molecule has 1 aromatic rings. The first kappa shape index (κ1) is 21.8. The Balaban J connectivity index is 1.37. The van der Waals surface area contributed by atoms with Crippen molar-refractivity contribution < 1.29 is 27.6 Å². The zero-order chi connectivity index (χ0) is 22.2. The van der Waals surface area contributed by atoms with Crippen LogP contribution in [-0.2, 0) is 20.6 Å². The Labute approximate surface area is 179 Å². The maximum absolute atomic E-state index is 12.9. The molecular formula is C22H26F3N3O3. The van der Waals surface area contributed by atoms with E-state index < -0.39 is 29.6 Å². The minimum Gasteiger partial charge on any atom is -0.342 e. The number of hydrogen-bond acceptors (Lipinski definition) is 4. The number of carbonyl (C=O) groups excluding carboxylic acids is 3. The fourth-order valence-corrected chi connectivity index (χ4v) is 4.80. The summed E-state index contributed by atoms with van der Waals surface area (Å²) in [5, 5.41) is 0. The molecule has 3 aliphatic rings. The number of hydrogen-bond donors (Lipinski definition) is 0. The van der Waals surface area contributed by atoms with Gasteiger partial charge in [0.15, 0.2) is 0 Å². The van der Waals surface area contributed by atoms with Gasteiger partial charge in [0.2, 0.25) is 11.8 Å². The van der Waals surface area contributed by atoms with E-state index in [0.29, 0.717) is 25.9 Å². The molecule has 0 bridgehead atoms. The van der Waals surface area contributed by atoms with Gasteiger partial charge in [-0.1, -0.05) is 0 Å². The summed E-state index contributed by atoms with van der Waals surface area (Å²) in [6.07, 6.45) is 0.0728. The standard InChI is InChI=1S/C22H26F3N3O3/c23-22(24,25)16-4-6-17(7-5-16)28-19(29)14-18(21(28)31)26-12-8-15(9-13-26)20(30)27-10-2-1-3-11-27/h4-7,15,18H,1-3,8-14H2. The Kier molecular flexibility index (Phi) is 6.05. The van der Waals surface area contributed by atoms with Gasteiger partial charge in [-0.15, -0.1) is 0 Å². The van der Waals surface area contributed by atoms with E-state index in [1.807, 2.05) is 9.80 Å². The zero-order valence-corrected chi connectivity index (χ0v) is 17.2. The highest BCUT2D eigenvalue weighted by Gasteiger charge is 2.44. The van der Waals surface area contributed by atoms with E-state index >= 15 is 0 Å². The molecule has 3 fully saturated rings. The van der Waals surface area contributed by atoms with Crippen molar-refractivity contribution in [3.63, 3.8) is 0 Å². The molecule has 0 aliphatic carbocycles. The molecule has 3 heterocycles. The number of alkyl halides is 3. The lowest BCUT2D eigenvalue weighted by molar-refractivity contribution is -0.138. The normalized spacial score (nSPS) is 24.2. The molecule has 1 atom stereocenters. The summed E-state index contributed by atoms with van der Waals surface area (Å²) in [5.74, 6) is -0.682. The Morgan fingerprint density at radius 3 is 2.10 bits per heavy atom. The number of benzene rings is 1. The Hall–Kier alpha value is -2.42. The molecule has 3 saturated heterocycles. The molecular weight excluding hydrogens is 411 g/mol. The Morgan fingerprint density at radius 2 is 1.52 bits per heavy atom. The van der Waals surface area contributed by atoms with Crippen LogP contribution in [0.2, 0.25) is 0 Å². The van der Waals surface area contributed by atoms with Gasteiger partial charge in [0.05, 0.1) is 23.7 Å². The molecule has 9 heteroatoms. The number of nitrogens with zero attached hydrogens (tertiary/aromatic N) is 3. The molecule has 31 heavy (non-hydrogen) atoms. The van der Waals surface area contributed by atoms with Crippen LogP contribution in [0.4, 0.5) is 18.9 Å². The maximum atomic E-state index is 12.9. The molecule has 3 amide bonds. The van der Waals surface area contributed by atoms with Crippen molar-refractivity contribution in [1.29, 1.82) is 0 Å². The van der Waals surface area contributed by atoms with Crippen LogP contribution >= 0.6 is 0 Å². The first-order valence-electron chi connectivity index (χ1n) is 10.8. The van der Waals surface area contributed by atoms with Crippen molar-refractivity contribution in [3.8, 4) is 0 Å². The molecule has 6 nitrogen and oxygen atoms in total. The smallest absolute Gasteiger partial charge is 0.342 e. The summed E-state index contributed by atoms with van der Waals surface area (Å²) < 4.78 is 38.3. The molecule has 168 valence electrons. The average Bonchev–Trinajstić information content (AvgIpc) is 3.07. The third kappa shape index (κ3) is 4.46. The quantitative estimate of drug-likeness (QED) is 0.682. The Bertz CT molecular complexity index is 842. The highest BCUT2D eigenvalue weighted by Crippen LogP contribution is 2.33. The number of anilines is 1. The molecule has 0 spiro atoms. The van der Waals surface area contributed by atoms with Crippen LogP contribution in [-0.4, -0.2) is 59.7 Å². The number of halogens is 3. The van der Waals surface area contributed by atoms with Crippen LogP contribution in [0.25, 0.3) is 0 Å². The number of amides is 3. The van der Waals surface area contributed by atoms with Crippen molar-refractivity contribution in [2.24, 2.45) is 5.92 Å². The maximum Gasteiger partial charge on any atom is 0.416 e. The first-order valence-corrected chi connectivity index (χ1v) is 10.8. The van der Waals surface area contributed by atoms with Crippen molar-refractivity contribution in [1.82, 2.24) is 9.80 Å². The van der Waals surface area contributed by atoms with Gasteiger partial charge in [-0.2, -0.15) is 13.2 Å². The minimum absolute atomic E-state index is 0.00456. The predicted octanol–water partition coefficient (Wildman–Crippen LogP) is 3.06. The van der Waals surface area contributed by atoms with E-state index in [9.17, 15) is 27.6 Å². The number of rotatable bonds is 3. The summed E-state index contributed by atoms with van der Waals surface area (Å²) in [6.45, 7) is 2.73. The molecule has 4 rings (SSSR count). The Morgan fingerprint density at radius 1 is 0.903 bits per heavy atom. The second kappa shape index (κ2) is 8.61. The van der Waals surface area contributed by atoms with Gasteiger partial charge in [0.25, 0.3) is 5.91 Å². The van der Waals surface area contributed by atoms with E-state index in [0.717, 1.165) is 61.5 Å². The molecule has 1 aromatic carbocycles. The van der Waals surface area contributed by atoms with Gasteiger partial charge < -0.3 is 4.90 Å². The summed E-state index contributed by atoms with van der Waals surface area (Å²) in [7, 11) is 0. The SMILES string of the molecule is O=C(C1CCN(C2CC(=O)N(c3ccc(C(F)(F)F)cc3)C2=O)CC1)N1CCCCC1. The van der Waals surface area contributed by atoms with Gasteiger partial charge in [-0.25, -0.2) is 4.90 Å².